The predicted molar refractivity (Wildman–Crippen MR) is 68.5 cm³/mol. The van der Waals surface area contributed by atoms with Gasteiger partial charge in [-0.05, 0) is 31.1 Å². The Morgan fingerprint density at radius 2 is 2.12 bits per heavy atom. The van der Waals surface area contributed by atoms with Crippen molar-refractivity contribution in [3.8, 4) is 0 Å². The van der Waals surface area contributed by atoms with E-state index in [-0.39, 0.29) is 5.91 Å². The summed E-state index contributed by atoms with van der Waals surface area (Å²) in [5.41, 5.74) is 5.85. The minimum absolute atomic E-state index is 0.173. The maximum atomic E-state index is 11.8. The minimum atomic E-state index is 0.173. The number of nitrogens with one attached hydrogen (secondary N) is 1. The van der Waals surface area contributed by atoms with E-state index in [1.54, 1.807) is 0 Å². The zero-order chi connectivity index (χ0) is 12.4. The summed E-state index contributed by atoms with van der Waals surface area (Å²) in [6, 6.07) is 0.828. The molecule has 1 amide bonds. The molecule has 2 aliphatic rings. The third-order valence-electron chi connectivity index (χ3n) is 3.98. The fourth-order valence-electron chi connectivity index (χ4n) is 3.01. The Morgan fingerprint density at radius 3 is 2.71 bits per heavy atom. The smallest absolute Gasteiger partial charge is 0.234 e. The number of hydrogen-bond acceptors (Lipinski definition) is 3. The molecule has 4 heteroatoms. The molecule has 0 bridgehead atoms. The molecule has 1 heterocycles. The van der Waals surface area contributed by atoms with E-state index in [0.29, 0.717) is 37.0 Å². The normalized spacial score (nSPS) is 34.6. The van der Waals surface area contributed by atoms with E-state index < -0.39 is 0 Å². The Labute approximate surface area is 104 Å². The lowest BCUT2D eigenvalue weighted by Gasteiger charge is -2.42. The lowest BCUT2D eigenvalue weighted by Crippen LogP contribution is -2.54. The summed E-state index contributed by atoms with van der Waals surface area (Å²) < 4.78 is 0. The quantitative estimate of drug-likeness (QED) is 0.754. The minimum Gasteiger partial charge on any atom is -0.352 e. The highest BCUT2D eigenvalue weighted by Crippen LogP contribution is 2.26. The summed E-state index contributed by atoms with van der Waals surface area (Å²) in [6.07, 6.45) is 3.53. The van der Waals surface area contributed by atoms with E-state index in [2.05, 4.69) is 24.1 Å². The van der Waals surface area contributed by atoms with E-state index in [1.807, 2.05) is 0 Å². The van der Waals surface area contributed by atoms with Gasteiger partial charge in [0.15, 0.2) is 0 Å². The van der Waals surface area contributed by atoms with Gasteiger partial charge in [0.05, 0.1) is 6.54 Å². The van der Waals surface area contributed by atoms with Crippen LogP contribution in [0.5, 0.6) is 0 Å². The first kappa shape index (κ1) is 12.8. The number of carbonyl (C=O) groups is 1. The van der Waals surface area contributed by atoms with Gasteiger partial charge in [-0.1, -0.05) is 13.8 Å². The second-order valence-corrected chi connectivity index (χ2v) is 5.89. The van der Waals surface area contributed by atoms with Crippen molar-refractivity contribution in [3.05, 3.63) is 0 Å². The van der Waals surface area contributed by atoms with Crippen molar-refractivity contribution < 1.29 is 4.79 Å². The Balaban J connectivity index is 1.88. The van der Waals surface area contributed by atoms with Gasteiger partial charge in [0.25, 0.3) is 0 Å². The van der Waals surface area contributed by atoms with Crippen LogP contribution in [0, 0.1) is 11.8 Å². The highest BCUT2D eigenvalue weighted by Gasteiger charge is 2.32. The van der Waals surface area contributed by atoms with Gasteiger partial charge in [-0.15, -0.1) is 0 Å². The first-order valence-corrected chi connectivity index (χ1v) is 6.83. The lowest BCUT2D eigenvalue weighted by molar-refractivity contribution is -0.123. The molecule has 0 aromatic rings. The third kappa shape index (κ3) is 3.42. The summed E-state index contributed by atoms with van der Waals surface area (Å²) in [5.74, 6) is 1.44. The number of nitrogens with two attached hydrogens (primary N) is 1. The first-order valence-electron chi connectivity index (χ1n) is 6.83. The number of piperidine rings is 1. The molecule has 2 fully saturated rings. The van der Waals surface area contributed by atoms with Gasteiger partial charge < -0.3 is 11.1 Å². The molecule has 1 saturated carbocycles. The molecule has 3 atom stereocenters. The number of likely N-dealkylation sites (tertiary alicyclic amines) is 1. The maximum absolute atomic E-state index is 11.8. The van der Waals surface area contributed by atoms with E-state index in [9.17, 15) is 4.79 Å². The van der Waals surface area contributed by atoms with Crippen molar-refractivity contribution in [3.63, 3.8) is 0 Å². The Hall–Kier alpha value is -0.610. The zero-order valence-electron chi connectivity index (χ0n) is 11.0. The van der Waals surface area contributed by atoms with Gasteiger partial charge in [-0.3, -0.25) is 9.69 Å². The summed E-state index contributed by atoms with van der Waals surface area (Å²) in [6.45, 7) is 6.69. The van der Waals surface area contributed by atoms with Gasteiger partial charge in [-0.2, -0.15) is 0 Å². The molecule has 98 valence electrons. The van der Waals surface area contributed by atoms with Gasteiger partial charge in [0.1, 0.15) is 0 Å². The van der Waals surface area contributed by atoms with Crippen LogP contribution in [0.2, 0.25) is 0 Å². The second-order valence-electron chi connectivity index (χ2n) is 5.89. The molecule has 2 rings (SSSR count). The lowest BCUT2D eigenvalue weighted by atomic mass is 9.85. The van der Waals surface area contributed by atoms with Crippen LogP contribution in [0.1, 0.15) is 33.1 Å². The molecule has 3 unspecified atom stereocenters. The average molecular weight is 239 g/mol. The Bertz CT molecular complexity index is 278. The van der Waals surface area contributed by atoms with Gasteiger partial charge in [0.2, 0.25) is 5.91 Å². The third-order valence-corrected chi connectivity index (χ3v) is 3.98. The van der Waals surface area contributed by atoms with Crippen LogP contribution in [-0.4, -0.2) is 42.5 Å². The van der Waals surface area contributed by atoms with Crippen LogP contribution in [0.3, 0.4) is 0 Å². The molecular weight excluding hydrogens is 214 g/mol. The molecule has 3 N–H and O–H groups in total. The summed E-state index contributed by atoms with van der Waals surface area (Å²) in [5, 5.41) is 3.05. The van der Waals surface area contributed by atoms with Gasteiger partial charge >= 0.3 is 0 Å². The number of rotatable bonds is 4. The average Bonchev–Trinajstić information content (AvgIpc) is 3.00. The molecule has 17 heavy (non-hydrogen) atoms. The van der Waals surface area contributed by atoms with Crippen LogP contribution in [0.4, 0.5) is 0 Å². The van der Waals surface area contributed by atoms with E-state index in [4.69, 9.17) is 5.73 Å². The van der Waals surface area contributed by atoms with Crippen LogP contribution in [0.25, 0.3) is 0 Å². The molecule has 0 radical (unpaired) electrons. The van der Waals surface area contributed by atoms with Crippen molar-refractivity contribution in [1.82, 2.24) is 10.2 Å². The second kappa shape index (κ2) is 5.36. The van der Waals surface area contributed by atoms with Crippen LogP contribution in [0.15, 0.2) is 0 Å². The standard InChI is InChI=1S/C13H25N3O/c1-9-5-10(2)12(6-14)16(7-9)8-13(17)15-11-3-4-11/h9-12H,3-8,14H2,1-2H3,(H,15,17). The SMILES string of the molecule is CC1CC(C)C(CN)N(CC(=O)NC2CC2)C1. The molecular formula is C13H25N3O. The van der Waals surface area contributed by atoms with Crippen molar-refractivity contribution in [2.45, 2.75) is 45.2 Å². The largest absolute Gasteiger partial charge is 0.352 e. The van der Waals surface area contributed by atoms with Gasteiger partial charge in [0, 0.05) is 25.2 Å². The monoisotopic (exact) mass is 239 g/mol. The van der Waals surface area contributed by atoms with Crippen molar-refractivity contribution >= 4 is 5.91 Å². The molecule has 0 aromatic carbocycles. The topological polar surface area (TPSA) is 58.4 Å². The van der Waals surface area contributed by atoms with Crippen molar-refractivity contribution in [2.24, 2.45) is 17.6 Å². The molecule has 0 aromatic heterocycles. The number of carbonyl (C=O) groups excluding carboxylic acids is 1. The van der Waals surface area contributed by atoms with Crippen molar-refractivity contribution in [1.29, 1.82) is 0 Å². The molecule has 1 saturated heterocycles. The molecule has 4 nitrogen and oxygen atoms in total. The molecule has 1 aliphatic heterocycles. The summed E-state index contributed by atoms with van der Waals surface area (Å²) in [4.78, 5) is 14.1. The molecule has 1 aliphatic carbocycles. The van der Waals surface area contributed by atoms with Crippen LogP contribution >= 0.6 is 0 Å². The summed E-state index contributed by atoms with van der Waals surface area (Å²) >= 11 is 0. The Morgan fingerprint density at radius 1 is 1.41 bits per heavy atom. The van der Waals surface area contributed by atoms with Crippen LogP contribution in [-0.2, 0) is 4.79 Å². The van der Waals surface area contributed by atoms with E-state index in [1.165, 1.54) is 6.42 Å². The van der Waals surface area contributed by atoms with Crippen LogP contribution < -0.4 is 11.1 Å². The fraction of sp³-hybridized carbons (Fsp3) is 0.923. The van der Waals surface area contributed by atoms with Gasteiger partial charge in [-0.25, -0.2) is 0 Å². The van der Waals surface area contributed by atoms with E-state index >= 15 is 0 Å². The highest BCUT2D eigenvalue weighted by atomic mass is 16.2. The summed E-state index contributed by atoms with van der Waals surface area (Å²) in [7, 11) is 0. The maximum Gasteiger partial charge on any atom is 0.234 e. The molecule has 0 spiro atoms. The van der Waals surface area contributed by atoms with Crippen molar-refractivity contribution in [2.75, 3.05) is 19.6 Å². The number of nitrogens with zero attached hydrogens (tertiary/aromatic N) is 1. The highest BCUT2D eigenvalue weighted by molar-refractivity contribution is 5.78. The van der Waals surface area contributed by atoms with E-state index in [0.717, 1.165) is 19.4 Å². The number of amides is 1. The number of hydrogen-bond donors (Lipinski definition) is 2. The predicted octanol–water partition coefficient (Wildman–Crippen LogP) is 0.570. The zero-order valence-corrected chi connectivity index (χ0v) is 11.0. The fourth-order valence-corrected chi connectivity index (χ4v) is 3.01. The Kier molecular flexibility index (Phi) is 4.05. The first-order chi connectivity index (χ1) is 8.10.